The highest BCUT2D eigenvalue weighted by Crippen LogP contribution is 2.12. The molecule has 0 radical (unpaired) electrons. The van der Waals surface area contributed by atoms with Gasteiger partial charge in [0, 0.05) is 16.5 Å². The first-order chi connectivity index (χ1) is 6.53. The average Bonchev–Trinajstić information content (AvgIpc) is 2.55. The molecule has 0 aromatic carbocycles. The van der Waals surface area contributed by atoms with E-state index < -0.39 is 0 Å². The summed E-state index contributed by atoms with van der Waals surface area (Å²) in [4.78, 5) is 1.39. The van der Waals surface area contributed by atoms with Crippen molar-refractivity contribution in [1.29, 1.82) is 0 Å². The Labute approximate surface area is 90.0 Å². The van der Waals surface area contributed by atoms with Gasteiger partial charge in [0.05, 0.1) is 6.61 Å². The summed E-state index contributed by atoms with van der Waals surface area (Å²) < 4.78 is 0. The van der Waals surface area contributed by atoms with E-state index in [1.165, 1.54) is 4.88 Å². The molecule has 1 heterocycles. The van der Waals surface area contributed by atoms with E-state index in [2.05, 4.69) is 29.8 Å². The highest BCUT2D eigenvalue weighted by atomic mass is 32.1. The van der Waals surface area contributed by atoms with E-state index in [0.29, 0.717) is 6.04 Å². The largest absolute Gasteiger partial charge is 0.394 e. The number of nitrogens with one attached hydrogen (secondary N) is 1. The summed E-state index contributed by atoms with van der Waals surface area (Å²) in [6.07, 6.45) is 1.03. The molecule has 3 heteroatoms. The van der Waals surface area contributed by atoms with Gasteiger partial charge in [0.1, 0.15) is 0 Å². The molecule has 2 nitrogen and oxygen atoms in total. The van der Waals surface area contributed by atoms with E-state index in [1.54, 1.807) is 11.3 Å². The van der Waals surface area contributed by atoms with Gasteiger partial charge >= 0.3 is 0 Å². The summed E-state index contributed by atoms with van der Waals surface area (Å²) >= 11 is 1.78. The topological polar surface area (TPSA) is 32.3 Å². The van der Waals surface area contributed by atoms with Crippen LogP contribution in [-0.4, -0.2) is 23.3 Å². The molecule has 0 fully saturated rings. The third-order valence-electron chi connectivity index (χ3n) is 2.12. The third kappa shape index (κ3) is 3.78. The van der Waals surface area contributed by atoms with Crippen molar-refractivity contribution in [3.05, 3.63) is 22.4 Å². The van der Waals surface area contributed by atoms with Crippen molar-refractivity contribution < 1.29 is 5.11 Å². The molecule has 1 unspecified atom stereocenters. The Hall–Kier alpha value is -0.380. The van der Waals surface area contributed by atoms with E-state index >= 15 is 0 Å². The normalized spacial score (nSPS) is 14.3. The van der Waals surface area contributed by atoms with Gasteiger partial charge in [-0.2, -0.15) is 0 Å². The first kappa shape index (κ1) is 11.7. The van der Waals surface area contributed by atoms with Crippen LogP contribution < -0.4 is 5.32 Å². The molecule has 0 bridgehead atoms. The second kappa shape index (κ2) is 4.91. The summed E-state index contributed by atoms with van der Waals surface area (Å²) in [5, 5.41) is 14.6. The third-order valence-corrected chi connectivity index (χ3v) is 3.02. The maximum absolute atomic E-state index is 9.11. The second-order valence-electron chi connectivity index (χ2n) is 4.37. The van der Waals surface area contributed by atoms with E-state index in [-0.39, 0.29) is 12.1 Å². The van der Waals surface area contributed by atoms with Gasteiger partial charge in [-0.15, -0.1) is 11.3 Å². The molecule has 0 spiro atoms. The molecule has 0 aliphatic rings. The molecule has 80 valence electrons. The van der Waals surface area contributed by atoms with Gasteiger partial charge in [0.25, 0.3) is 0 Å². The van der Waals surface area contributed by atoms with Crippen molar-refractivity contribution in [1.82, 2.24) is 5.32 Å². The lowest BCUT2D eigenvalue weighted by molar-refractivity contribution is 0.177. The molecule has 0 aliphatic carbocycles. The van der Waals surface area contributed by atoms with Crippen LogP contribution in [0.25, 0.3) is 0 Å². The van der Waals surface area contributed by atoms with Gasteiger partial charge in [-0.05, 0) is 38.6 Å². The molecular formula is C11H19NOS. The Kier molecular flexibility index (Phi) is 4.11. The van der Waals surface area contributed by atoms with Crippen molar-refractivity contribution in [2.45, 2.75) is 38.8 Å². The number of aliphatic hydroxyl groups excluding tert-OH is 1. The fourth-order valence-corrected chi connectivity index (χ4v) is 2.33. The lowest BCUT2D eigenvalue weighted by Crippen LogP contribution is -2.48. The quantitative estimate of drug-likeness (QED) is 0.784. The van der Waals surface area contributed by atoms with Crippen molar-refractivity contribution in [3.63, 3.8) is 0 Å². The second-order valence-corrected chi connectivity index (χ2v) is 5.40. The average molecular weight is 213 g/mol. The number of rotatable bonds is 5. The number of hydrogen-bond donors (Lipinski definition) is 2. The van der Waals surface area contributed by atoms with E-state index in [4.69, 9.17) is 5.11 Å². The molecule has 1 aromatic heterocycles. The molecule has 0 saturated heterocycles. The maximum atomic E-state index is 9.11. The summed E-state index contributed by atoms with van der Waals surface area (Å²) in [7, 11) is 0. The predicted molar refractivity (Wildman–Crippen MR) is 61.8 cm³/mol. The van der Waals surface area contributed by atoms with Crippen molar-refractivity contribution in [2.24, 2.45) is 0 Å². The highest BCUT2D eigenvalue weighted by Gasteiger charge is 2.18. The van der Waals surface area contributed by atoms with Crippen LogP contribution in [0.2, 0.25) is 0 Å². The summed E-state index contributed by atoms with van der Waals surface area (Å²) in [6, 6.07) is 4.62. The Bertz CT molecular complexity index is 256. The van der Waals surface area contributed by atoms with Gasteiger partial charge in [-0.3, -0.25) is 0 Å². The summed E-state index contributed by atoms with van der Waals surface area (Å²) in [5.74, 6) is 0. The first-order valence-corrected chi connectivity index (χ1v) is 5.82. The minimum absolute atomic E-state index is 0.168. The molecule has 2 N–H and O–H groups in total. The van der Waals surface area contributed by atoms with E-state index in [9.17, 15) is 0 Å². The molecule has 0 saturated carbocycles. The Balaban J connectivity index is 2.40. The Morgan fingerprint density at radius 3 is 2.79 bits per heavy atom. The van der Waals surface area contributed by atoms with Crippen LogP contribution in [0.4, 0.5) is 0 Å². The zero-order chi connectivity index (χ0) is 10.6. The minimum Gasteiger partial charge on any atom is -0.394 e. The number of aliphatic hydroxyl groups is 1. The summed E-state index contributed by atoms with van der Waals surface area (Å²) in [5.41, 5.74) is -0.184. The number of thiophene rings is 1. The van der Waals surface area contributed by atoms with Gasteiger partial charge in [-0.1, -0.05) is 6.07 Å². The molecular weight excluding hydrogens is 194 g/mol. The van der Waals surface area contributed by atoms with Gasteiger partial charge in [-0.25, -0.2) is 0 Å². The standard InChI is InChI=1S/C11H19NOS/c1-9(12-11(2,3)8-13)7-10-5-4-6-14-10/h4-6,9,12-13H,7-8H2,1-3H3. The van der Waals surface area contributed by atoms with Crippen LogP contribution in [0.3, 0.4) is 0 Å². The zero-order valence-electron chi connectivity index (χ0n) is 9.08. The van der Waals surface area contributed by atoms with Crippen LogP contribution in [0.1, 0.15) is 25.6 Å². The first-order valence-electron chi connectivity index (χ1n) is 4.94. The summed E-state index contributed by atoms with van der Waals surface area (Å²) in [6.45, 7) is 6.34. The lowest BCUT2D eigenvalue weighted by Gasteiger charge is -2.28. The van der Waals surface area contributed by atoms with Gasteiger partial charge in [0.15, 0.2) is 0 Å². The Morgan fingerprint density at radius 1 is 1.57 bits per heavy atom. The SMILES string of the molecule is CC(Cc1cccs1)NC(C)(C)CO. The molecule has 1 atom stereocenters. The maximum Gasteiger partial charge on any atom is 0.0607 e. The van der Waals surface area contributed by atoms with Crippen LogP contribution in [0.5, 0.6) is 0 Å². The van der Waals surface area contributed by atoms with Gasteiger partial charge in [0.2, 0.25) is 0 Å². The lowest BCUT2D eigenvalue weighted by atomic mass is 10.0. The van der Waals surface area contributed by atoms with Crippen molar-refractivity contribution in [2.75, 3.05) is 6.61 Å². The van der Waals surface area contributed by atoms with Crippen LogP contribution in [-0.2, 0) is 6.42 Å². The van der Waals surface area contributed by atoms with Crippen LogP contribution in [0.15, 0.2) is 17.5 Å². The Morgan fingerprint density at radius 2 is 2.29 bits per heavy atom. The molecule has 1 rings (SSSR count). The molecule has 1 aromatic rings. The van der Waals surface area contributed by atoms with E-state index in [1.807, 2.05) is 13.8 Å². The van der Waals surface area contributed by atoms with E-state index in [0.717, 1.165) is 6.42 Å². The highest BCUT2D eigenvalue weighted by molar-refractivity contribution is 7.09. The monoisotopic (exact) mass is 213 g/mol. The molecule has 14 heavy (non-hydrogen) atoms. The zero-order valence-corrected chi connectivity index (χ0v) is 9.90. The van der Waals surface area contributed by atoms with Crippen molar-refractivity contribution in [3.8, 4) is 0 Å². The number of hydrogen-bond acceptors (Lipinski definition) is 3. The fourth-order valence-electron chi connectivity index (χ4n) is 1.49. The van der Waals surface area contributed by atoms with Gasteiger partial charge < -0.3 is 10.4 Å². The predicted octanol–water partition coefficient (Wildman–Crippen LogP) is 2.04. The smallest absolute Gasteiger partial charge is 0.0607 e. The fraction of sp³-hybridized carbons (Fsp3) is 0.636. The van der Waals surface area contributed by atoms with Crippen LogP contribution >= 0.6 is 11.3 Å². The molecule has 0 aliphatic heterocycles. The van der Waals surface area contributed by atoms with Crippen LogP contribution in [0, 0.1) is 0 Å². The van der Waals surface area contributed by atoms with Crippen molar-refractivity contribution >= 4 is 11.3 Å². The minimum atomic E-state index is -0.184. The molecule has 0 amide bonds.